The van der Waals surface area contributed by atoms with E-state index < -0.39 is 5.41 Å². The summed E-state index contributed by atoms with van der Waals surface area (Å²) in [5.41, 5.74) is -0.457. The van der Waals surface area contributed by atoms with Crippen molar-refractivity contribution in [3.05, 3.63) is 0 Å². The number of halogens is 1. The van der Waals surface area contributed by atoms with Gasteiger partial charge in [-0.2, -0.15) is 0 Å². The van der Waals surface area contributed by atoms with Crippen LogP contribution in [-0.4, -0.2) is 42.0 Å². The summed E-state index contributed by atoms with van der Waals surface area (Å²) in [7, 11) is 0. The van der Waals surface area contributed by atoms with E-state index in [0.29, 0.717) is 12.5 Å². The number of hydrogen-bond donors (Lipinski definition) is 0. The van der Waals surface area contributed by atoms with E-state index in [1.165, 1.54) is 12.8 Å². The predicted molar refractivity (Wildman–Crippen MR) is 68.2 cm³/mol. The minimum Gasteiger partial charge on any atom is -0.374 e. The first-order valence-electron chi connectivity index (χ1n) is 6.55. The number of nitrogens with zero attached hydrogens (tertiary/aromatic N) is 1. The molecule has 1 heterocycles. The summed E-state index contributed by atoms with van der Waals surface area (Å²) < 4.78 is 5.78. The van der Waals surface area contributed by atoms with Crippen LogP contribution in [0.25, 0.3) is 0 Å². The van der Waals surface area contributed by atoms with Gasteiger partial charge in [-0.15, -0.1) is 11.6 Å². The van der Waals surface area contributed by atoms with Gasteiger partial charge in [0.2, 0.25) is 5.91 Å². The Bertz CT molecular complexity index is 291. The second-order valence-electron chi connectivity index (χ2n) is 5.78. The summed E-state index contributed by atoms with van der Waals surface area (Å²) >= 11 is 5.90. The van der Waals surface area contributed by atoms with Crippen LogP contribution in [0.1, 0.15) is 39.5 Å². The molecule has 1 aliphatic carbocycles. The molecule has 0 spiro atoms. The zero-order valence-electron chi connectivity index (χ0n) is 10.7. The molecule has 0 aromatic heterocycles. The van der Waals surface area contributed by atoms with Gasteiger partial charge >= 0.3 is 0 Å². The molecule has 17 heavy (non-hydrogen) atoms. The highest BCUT2D eigenvalue weighted by molar-refractivity contribution is 6.19. The molecule has 98 valence electrons. The zero-order valence-corrected chi connectivity index (χ0v) is 11.5. The normalized spacial score (nSPS) is 29.9. The van der Waals surface area contributed by atoms with Crippen LogP contribution in [0.3, 0.4) is 0 Å². The maximum atomic E-state index is 12.5. The van der Waals surface area contributed by atoms with Crippen molar-refractivity contribution < 1.29 is 9.53 Å². The predicted octanol–water partition coefficient (Wildman–Crippen LogP) is 2.42. The van der Waals surface area contributed by atoms with Gasteiger partial charge in [-0.1, -0.05) is 12.8 Å². The first kappa shape index (κ1) is 13.2. The maximum Gasteiger partial charge on any atom is 0.229 e. The second-order valence-corrected chi connectivity index (χ2v) is 6.04. The summed E-state index contributed by atoms with van der Waals surface area (Å²) in [5, 5.41) is 0. The standard InChI is InChI=1S/C13H22ClNO2/c1-13(2,9-14)12(16)15-7-8-17-11-6-4-3-5-10(11)15/h10-11H,3-9H2,1-2H3. The Kier molecular flexibility index (Phi) is 3.99. The van der Waals surface area contributed by atoms with Crippen molar-refractivity contribution in [2.24, 2.45) is 5.41 Å². The smallest absolute Gasteiger partial charge is 0.229 e. The number of hydrogen-bond acceptors (Lipinski definition) is 2. The number of morpholine rings is 1. The molecular weight excluding hydrogens is 238 g/mol. The van der Waals surface area contributed by atoms with Crippen molar-refractivity contribution in [1.82, 2.24) is 4.90 Å². The van der Waals surface area contributed by atoms with Crippen LogP contribution in [0.4, 0.5) is 0 Å². The van der Waals surface area contributed by atoms with Crippen molar-refractivity contribution in [3.8, 4) is 0 Å². The van der Waals surface area contributed by atoms with E-state index in [9.17, 15) is 4.79 Å². The highest BCUT2D eigenvalue weighted by Gasteiger charge is 2.41. The van der Waals surface area contributed by atoms with Crippen LogP contribution in [0.15, 0.2) is 0 Å². The van der Waals surface area contributed by atoms with E-state index in [2.05, 4.69) is 0 Å². The van der Waals surface area contributed by atoms with E-state index >= 15 is 0 Å². The number of alkyl halides is 1. The molecule has 2 fully saturated rings. The first-order chi connectivity index (χ1) is 8.06. The lowest BCUT2D eigenvalue weighted by Gasteiger charge is -2.46. The van der Waals surface area contributed by atoms with Crippen molar-refractivity contribution in [2.75, 3.05) is 19.0 Å². The third-order valence-electron chi connectivity index (χ3n) is 3.91. The lowest BCUT2D eigenvalue weighted by Crippen LogP contribution is -2.57. The Morgan fingerprint density at radius 2 is 2.12 bits per heavy atom. The minimum absolute atomic E-state index is 0.188. The summed E-state index contributed by atoms with van der Waals surface area (Å²) in [4.78, 5) is 14.5. The molecular formula is C13H22ClNO2. The molecule has 0 N–H and O–H groups in total. The molecule has 0 aromatic rings. The molecule has 0 radical (unpaired) electrons. The quantitative estimate of drug-likeness (QED) is 0.713. The summed E-state index contributed by atoms with van der Waals surface area (Å²) in [6, 6.07) is 0.285. The minimum atomic E-state index is -0.457. The number of ether oxygens (including phenoxy) is 1. The zero-order chi connectivity index (χ0) is 12.5. The Morgan fingerprint density at radius 3 is 2.82 bits per heavy atom. The van der Waals surface area contributed by atoms with Gasteiger partial charge in [0.15, 0.2) is 0 Å². The fraction of sp³-hybridized carbons (Fsp3) is 0.923. The highest BCUT2D eigenvalue weighted by atomic mass is 35.5. The Morgan fingerprint density at radius 1 is 1.41 bits per heavy atom. The monoisotopic (exact) mass is 259 g/mol. The van der Waals surface area contributed by atoms with E-state index in [-0.39, 0.29) is 18.1 Å². The van der Waals surface area contributed by atoms with E-state index in [4.69, 9.17) is 16.3 Å². The molecule has 1 saturated heterocycles. The molecule has 2 rings (SSSR count). The van der Waals surface area contributed by atoms with Crippen LogP contribution in [0.2, 0.25) is 0 Å². The van der Waals surface area contributed by atoms with Crippen molar-refractivity contribution in [3.63, 3.8) is 0 Å². The van der Waals surface area contributed by atoms with Crippen molar-refractivity contribution >= 4 is 17.5 Å². The molecule has 1 aliphatic heterocycles. The molecule has 2 aliphatic rings. The summed E-state index contributed by atoms with van der Waals surface area (Å²) in [6.45, 7) is 5.25. The van der Waals surface area contributed by atoms with Crippen LogP contribution in [0.5, 0.6) is 0 Å². The molecule has 2 atom stereocenters. The van der Waals surface area contributed by atoms with Crippen LogP contribution in [-0.2, 0) is 9.53 Å². The van der Waals surface area contributed by atoms with Gasteiger partial charge in [-0.25, -0.2) is 0 Å². The Balaban J connectivity index is 2.11. The molecule has 3 nitrogen and oxygen atoms in total. The fourth-order valence-corrected chi connectivity index (χ4v) is 2.91. The highest BCUT2D eigenvalue weighted by Crippen LogP contribution is 2.31. The largest absolute Gasteiger partial charge is 0.374 e. The van der Waals surface area contributed by atoms with Gasteiger partial charge in [-0.05, 0) is 26.7 Å². The number of amides is 1. The van der Waals surface area contributed by atoms with Gasteiger partial charge < -0.3 is 9.64 Å². The maximum absolute atomic E-state index is 12.5. The molecule has 1 amide bonds. The molecule has 0 aromatic carbocycles. The average molecular weight is 260 g/mol. The van der Waals surface area contributed by atoms with Gasteiger partial charge in [-0.3, -0.25) is 4.79 Å². The van der Waals surface area contributed by atoms with Crippen LogP contribution < -0.4 is 0 Å². The van der Waals surface area contributed by atoms with E-state index in [0.717, 1.165) is 19.4 Å². The molecule has 4 heteroatoms. The summed E-state index contributed by atoms with van der Waals surface area (Å²) in [5.74, 6) is 0.563. The van der Waals surface area contributed by atoms with Crippen LogP contribution in [0, 0.1) is 5.41 Å². The van der Waals surface area contributed by atoms with Gasteiger partial charge in [0, 0.05) is 12.4 Å². The third-order valence-corrected chi connectivity index (χ3v) is 4.57. The van der Waals surface area contributed by atoms with E-state index in [1.54, 1.807) is 0 Å². The Hall–Kier alpha value is -0.280. The average Bonchev–Trinajstić information content (AvgIpc) is 2.37. The fourth-order valence-electron chi connectivity index (χ4n) is 2.79. The van der Waals surface area contributed by atoms with Gasteiger partial charge in [0.05, 0.1) is 24.2 Å². The third kappa shape index (κ3) is 2.60. The number of fused-ring (bicyclic) bond motifs is 1. The topological polar surface area (TPSA) is 29.5 Å². The number of carbonyl (C=O) groups excluding carboxylic acids is 1. The number of carbonyl (C=O) groups is 1. The Labute approximate surface area is 108 Å². The van der Waals surface area contributed by atoms with Crippen molar-refractivity contribution in [2.45, 2.75) is 51.7 Å². The summed E-state index contributed by atoms with van der Waals surface area (Å²) in [6.07, 6.45) is 4.86. The van der Waals surface area contributed by atoms with Gasteiger partial charge in [0.25, 0.3) is 0 Å². The number of rotatable bonds is 2. The van der Waals surface area contributed by atoms with E-state index in [1.807, 2.05) is 18.7 Å². The molecule has 0 bridgehead atoms. The molecule has 1 saturated carbocycles. The van der Waals surface area contributed by atoms with Crippen LogP contribution >= 0.6 is 11.6 Å². The second kappa shape index (κ2) is 5.15. The SMILES string of the molecule is CC(C)(CCl)C(=O)N1CCOC2CCCCC21. The van der Waals surface area contributed by atoms with Gasteiger partial charge in [0.1, 0.15) is 0 Å². The van der Waals surface area contributed by atoms with Crippen molar-refractivity contribution in [1.29, 1.82) is 0 Å². The lowest BCUT2D eigenvalue weighted by molar-refractivity contribution is -0.157. The molecule has 2 unspecified atom stereocenters. The lowest BCUT2D eigenvalue weighted by atomic mass is 9.87. The first-order valence-corrected chi connectivity index (χ1v) is 7.08.